The van der Waals surface area contributed by atoms with Gasteiger partial charge in [-0.15, -0.1) is 0 Å². The van der Waals surface area contributed by atoms with Gasteiger partial charge in [-0.3, -0.25) is 0 Å². The minimum absolute atomic E-state index is 0. The van der Waals surface area contributed by atoms with E-state index in [1.54, 1.807) is 0 Å². The molecule has 0 saturated heterocycles. The first-order chi connectivity index (χ1) is 5.91. The minimum Gasteiger partial charge on any atom is -0.343 e. The molecule has 6 N–H and O–H groups in total. The fraction of sp³-hybridized carbons (Fsp3) is 0.750. The molecule has 0 bridgehead atoms. The Bertz CT molecular complexity index is 168. The second-order valence-electron chi connectivity index (χ2n) is 1.88. The Morgan fingerprint density at radius 2 is 0.938 bits per heavy atom. The van der Waals surface area contributed by atoms with E-state index in [4.69, 9.17) is 29.4 Å². The van der Waals surface area contributed by atoms with Crippen LogP contribution in [0.2, 0.25) is 0 Å². The van der Waals surface area contributed by atoms with E-state index in [-0.39, 0.29) is 39.0 Å². The smallest absolute Gasteiger partial charge is 0.319 e. The van der Waals surface area contributed by atoms with E-state index in [1.807, 2.05) is 0 Å². The van der Waals surface area contributed by atoms with Crippen molar-refractivity contribution in [2.75, 3.05) is 0 Å². The first-order valence-corrected chi connectivity index (χ1v) is 8.59. The van der Waals surface area contributed by atoms with Crippen LogP contribution < -0.4 is 0 Å². The number of hydrogen-bond donors (Lipinski definition) is 6. The Hall–Kier alpha value is 2.31. The van der Waals surface area contributed by atoms with Crippen LogP contribution in [0.5, 0.6) is 0 Å². The molecule has 0 unspecified atom stereocenters. The van der Waals surface area contributed by atoms with E-state index >= 15 is 0 Å². The van der Waals surface area contributed by atoms with Crippen molar-refractivity contribution in [3.05, 3.63) is 6.92 Å². The van der Waals surface area contributed by atoms with Crippen LogP contribution in [0.3, 0.4) is 0 Å². The maximum Gasteiger partial charge on any atom is 0.319 e. The molecule has 0 heterocycles. The topological polar surface area (TPSA) is 121 Å². The van der Waals surface area contributed by atoms with Crippen LogP contribution in [0.4, 0.5) is 0 Å². The molecule has 0 aliphatic heterocycles. The molecular formula is C4H15O6P2S2Zn2-. The molecule has 6 nitrogen and oxygen atoms in total. The maximum atomic E-state index is 7.56. The third-order valence-corrected chi connectivity index (χ3v) is 0.354. The van der Waals surface area contributed by atoms with E-state index in [1.165, 1.54) is 6.42 Å². The third kappa shape index (κ3) is 349. The molecule has 0 atom stereocenters. The molecule has 0 radical (unpaired) electrons. The summed E-state index contributed by atoms with van der Waals surface area (Å²) in [5.74, 6) is 0. The van der Waals surface area contributed by atoms with Gasteiger partial charge in [-0.2, -0.15) is 6.42 Å². The van der Waals surface area contributed by atoms with Crippen molar-refractivity contribution in [3.63, 3.8) is 0 Å². The Morgan fingerprint density at radius 1 is 0.875 bits per heavy atom. The van der Waals surface area contributed by atoms with E-state index in [0.717, 1.165) is 6.42 Å². The van der Waals surface area contributed by atoms with Crippen LogP contribution in [0.15, 0.2) is 0 Å². The van der Waals surface area contributed by atoms with E-state index in [9.17, 15) is 0 Å². The monoisotopic (exact) mass is 413 g/mol. The number of unbranched alkanes of at least 4 members (excludes halogenated alkanes) is 1. The third-order valence-electron chi connectivity index (χ3n) is 0.354. The van der Waals surface area contributed by atoms with Crippen molar-refractivity contribution in [1.82, 2.24) is 0 Å². The Labute approximate surface area is 131 Å². The van der Waals surface area contributed by atoms with Crippen LogP contribution in [-0.4, -0.2) is 29.4 Å². The fourth-order valence-corrected chi connectivity index (χ4v) is 0. The molecule has 0 saturated carbocycles. The first-order valence-electron chi connectivity index (χ1n) is 3.27. The van der Waals surface area contributed by atoms with Crippen LogP contribution in [0.25, 0.3) is 0 Å². The van der Waals surface area contributed by atoms with E-state index in [0.29, 0.717) is 0 Å². The van der Waals surface area contributed by atoms with Crippen molar-refractivity contribution in [2.45, 2.75) is 19.8 Å². The summed E-state index contributed by atoms with van der Waals surface area (Å²) in [6.07, 6.45) is 2.28. The molecule has 12 heteroatoms. The molecule has 0 spiro atoms. The summed E-state index contributed by atoms with van der Waals surface area (Å²) < 4.78 is 0. The van der Waals surface area contributed by atoms with Crippen molar-refractivity contribution < 1.29 is 68.3 Å². The second kappa shape index (κ2) is 17.3. The molecule has 0 fully saturated rings. The van der Waals surface area contributed by atoms with Crippen molar-refractivity contribution in [1.29, 1.82) is 0 Å². The van der Waals surface area contributed by atoms with Crippen LogP contribution in [0.1, 0.15) is 19.8 Å². The summed E-state index contributed by atoms with van der Waals surface area (Å²) >= 11 is 7.21. The van der Waals surface area contributed by atoms with Gasteiger partial charge in [-0.05, 0) is 23.6 Å². The maximum absolute atomic E-state index is 7.56. The fourth-order valence-electron chi connectivity index (χ4n) is 0. The SMILES string of the molecule is OP(O)(O)=S.OP(O)(O)=S.[CH2-]CCC.[Zn].[Zn]. The largest absolute Gasteiger partial charge is 0.343 e. The van der Waals surface area contributed by atoms with E-state index in [2.05, 4.69) is 37.5 Å². The average Bonchev–Trinajstić information content (AvgIpc) is 1.79. The number of hydrogen-bond acceptors (Lipinski definition) is 2. The summed E-state index contributed by atoms with van der Waals surface area (Å²) in [4.78, 5) is 45.3. The number of rotatable bonds is 1. The molecule has 0 rings (SSSR count). The molecule has 0 aliphatic carbocycles. The van der Waals surface area contributed by atoms with Crippen molar-refractivity contribution in [3.8, 4) is 0 Å². The zero-order valence-electron chi connectivity index (χ0n) is 8.93. The zero-order valence-corrected chi connectivity index (χ0v) is 18.3. The zero-order chi connectivity index (χ0) is 12.4. The minimum atomic E-state index is -3.81. The Balaban J connectivity index is -0.0000000358. The van der Waals surface area contributed by atoms with Gasteiger partial charge in [0.15, 0.2) is 0 Å². The van der Waals surface area contributed by atoms with Crippen LogP contribution in [0, 0.1) is 6.92 Å². The standard InChI is InChI=1S/C4H9.2H3O3PS.2Zn/c1-3-4-2;2*1-4(2,3)5;;/h1,3-4H2,2H3;2*(H3,1,2,3,5);;/q-1;;;;. The van der Waals surface area contributed by atoms with Gasteiger partial charge in [0.1, 0.15) is 0 Å². The molecule has 0 aromatic carbocycles. The van der Waals surface area contributed by atoms with E-state index < -0.39 is 13.4 Å². The summed E-state index contributed by atoms with van der Waals surface area (Å²) in [7, 11) is 0. The molecule has 0 aliphatic rings. The van der Waals surface area contributed by atoms with Gasteiger partial charge in [-0.1, -0.05) is 13.3 Å². The van der Waals surface area contributed by atoms with Gasteiger partial charge < -0.3 is 36.3 Å². The van der Waals surface area contributed by atoms with Gasteiger partial charge in [0, 0.05) is 39.0 Å². The van der Waals surface area contributed by atoms with Gasteiger partial charge in [0.05, 0.1) is 0 Å². The summed E-state index contributed by atoms with van der Waals surface area (Å²) in [5.41, 5.74) is 0. The first kappa shape index (κ1) is 31.0. The normalized spacial score (nSPS) is 9.25. The molecule has 16 heavy (non-hydrogen) atoms. The van der Waals surface area contributed by atoms with Crippen LogP contribution in [-0.2, 0) is 62.6 Å². The average molecular weight is 416 g/mol. The Kier molecular flexibility index (Phi) is 33.5. The summed E-state index contributed by atoms with van der Waals surface area (Å²) in [5, 5.41) is 0. The summed E-state index contributed by atoms with van der Waals surface area (Å²) in [6.45, 7) is -1.89. The predicted molar refractivity (Wildman–Crippen MR) is 62.1 cm³/mol. The molecule has 0 amide bonds. The second-order valence-corrected chi connectivity index (χ2v) is 6.87. The van der Waals surface area contributed by atoms with Crippen LogP contribution >= 0.6 is 13.4 Å². The molecule has 0 aromatic heterocycles. The summed E-state index contributed by atoms with van der Waals surface area (Å²) in [6, 6.07) is 0. The molecular weight excluding hydrogens is 401 g/mol. The van der Waals surface area contributed by atoms with Gasteiger partial charge in [0.2, 0.25) is 0 Å². The molecule has 0 aromatic rings. The van der Waals surface area contributed by atoms with Crippen molar-refractivity contribution in [2.24, 2.45) is 0 Å². The van der Waals surface area contributed by atoms with Gasteiger partial charge >= 0.3 is 13.4 Å². The molecule has 94 valence electrons. The van der Waals surface area contributed by atoms with Gasteiger partial charge in [0.25, 0.3) is 0 Å². The Morgan fingerprint density at radius 3 is 0.938 bits per heavy atom. The van der Waals surface area contributed by atoms with Crippen molar-refractivity contribution >= 4 is 37.1 Å². The van der Waals surface area contributed by atoms with Gasteiger partial charge in [-0.25, -0.2) is 0 Å². The quantitative estimate of drug-likeness (QED) is 0.201. The predicted octanol–water partition coefficient (Wildman–Crippen LogP) is -0.00881.